The fourth-order valence-corrected chi connectivity index (χ4v) is 1.85. The molecule has 2 atom stereocenters. The molecule has 0 aromatic carbocycles. The molecule has 1 aromatic heterocycles. The van der Waals surface area contributed by atoms with Gasteiger partial charge in [-0.3, -0.25) is 4.79 Å². The lowest BCUT2D eigenvalue weighted by Crippen LogP contribution is -2.25. The smallest absolute Gasteiger partial charge is 0.357 e. The molecule has 0 aliphatic heterocycles. The zero-order chi connectivity index (χ0) is 19.5. The molecule has 0 radical (unpaired) electrons. The van der Waals surface area contributed by atoms with E-state index in [0.717, 1.165) is 0 Å². The molecule has 0 spiro atoms. The maximum atomic E-state index is 11.7. The number of esters is 2. The molecule has 1 heterocycles. The molecule has 1 rings (SSSR count). The normalized spacial score (nSPS) is 12.5. The lowest BCUT2D eigenvalue weighted by atomic mass is 10.1. The minimum absolute atomic E-state index is 0.0550. The molecule has 0 fully saturated rings. The third-order valence-corrected chi connectivity index (χ3v) is 2.90. The van der Waals surface area contributed by atoms with E-state index < -0.39 is 41.1 Å². The minimum atomic E-state index is -1.20. The first-order chi connectivity index (χ1) is 12.3. The van der Waals surface area contributed by atoms with Gasteiger partial charge in [-0.2, -0.15) is 0 Å². The van der Waals surface area contributed by atoms with E-state index >= 15 is 0 Å². The highest BCUT2D eigenvalue weighted by Crippen LogP contribution is 2.09. The zero-order valence-corrected chi connectivity index (χ0v) is 13.7. The molecule has 0 aliphatic carbocycles. The number of ether oxygens (including phenoxy) is 2. The zero-order valence-electron chi connectivity index (χ0n) is 13.7. The fraction of sp³-hybridized carbons (Fsp3) is 0.538. The number of aromatic nitrogens is 1. The maximum Gasteiger partial charge on any atom is 0.357 e. The number of H-pyrrole nitrogens is 1. The summed E-state index contributed by atoms with van der Waals surface area (Å²) in [6, 6.07) is 3.08. The quantitative estimate of drug-likeness (QED) is 0.240. The van der Waals surface area contributed by atoms with Crippen LogP contribution >= 0.6 is 0 Å². The van der Waals surface area contributed by atoms with Crippen LogP contribution in [-0.4, -0.2) is 46.1 Å². The summed E-state index contributed by atoms with van der Waals surface area (Å²) in [5.74, 6) is -1.42. The highest BCUT2D eigenvalue weighted by atomic mass is 17.0. The van der Waals surface area contributed by atoms with Crippen LogP contribution in [0.3, 0.4) is 0 Å². The van der Waals surface area contributed by atoms with Crippen LogP contribution in [0.4, 0.5) is 0 Å². The Hall–Kier alpha value is -3.38. The predicted octanol–water partition coefficient (Wildman–Crippen LogP) is 1.02. The Morgan fingerprint density at radius 3 is 2.54 bits per heavy atom. The van der Waals surface area contributed by atoms with Crippen molar-refractivity contribution < 1.29 is 38.9 Å². The summed E-state index contributed by atoms with van der Waals surface area (Å²) in [6.45, 7) is 0.704. The highest BCUT2D eigenvalue weighted by Gasteiger charge is 2.19. The van der Waals surface area contributed by atoms with Crippen molar-refractivity contribution in [1.82, 2.24) is 4.98 Å². The van der Waals surface area contributed by atoms with Crippen molar-refractivity contribution in [1.29, 1.82) is 0 Å². The summed E-state index contributed by atoms with van der Waals surface area (Å²) in [5, 5.41) is 18.2. The van der Waals surface area contributed by atoms with Crippen LogP contribution in [0.2, 0.25) is 0 Å². The number of nitrogens with one attached hydrogen (secondary N) is 1. The third kappa shape index (κ3) is 8.47. The second-order valence-corrected chi connectivity index (χ2v) is 4.91. The Bertz CT molecular complexity index is 618. The van der Waals surface area contributed by atoms with Crippen LogP contribution in [0.5, 0.6) is 0 Å². The third-order valence-electron chi connectivity index (χ3n) is 2.90. The number of nitrogens with zero attached hydrogens (tertiary/aromatic N) is 2. The van der Waals surface area contributed by atoms with Crippen molar-refractivity contribution in [3.05, 3.63) is 44.3 Å². The predicted molar refractivity (Wildman–Crippen MR) is 80.4 cm³/mol. The molecule has 0 aliphatic rings. The van der Waals surface area contributed by atoms with Crippen LogP contribution in [0.25, 0.3) is 0 Å². The molecule has 0 saturated carbocycles. The minimum Gasteiger partial charge on any atom is -0.425 e. The molecule has 13 nitrogen and oxygen atoms in total. The van der Waals surface area contributed by atoms with Gasteiger partial charge in [-0.15, -0.1) is 20.2 Å². The molecule has 0 amide bonds. The highest BCUT2D eigenvalue weighted by molar-refractivity contribution is 5.87. The van der Waals surface area contributed by atoms with E-state index in [2.05, 4.69) is 14.7 Å². The lowest BCUT2D eigenvalue weighted by Gasteiger charge is -2.15. The SMILES string of the molecule is CC(OC(=O)CCC[C@H](CO[N+](=O)[O-])O[N+](=O)[O-])OC(=O)c1ccc[nH]1. The van der Waals surface area contributed by atoms with Gasteiger partial charge in [-0.25, -0.2) is 4.79 Å². The Labute approximate surface area is 146 Å². The van der Waals surface area contributed by atoms with Gasteiger partial charge >= 0.3 is 11.9 Å². The largest absolute Gasteiger partial charge is 0.425 e. The molecule has 26 heavy (non-hydrogen) atoms. The van der Waals surface area contributed by atoms with Crippen LogP contribution in [0, 0.1) is 20.2 Å². The number of hydrogen-bond donors (Lipinski definition) is 1. The topological polar surface area (TPSA) is 173 Å². The molecule has 1 N–H and O–H groups in total. The summed E-state index contributed by atoms with van der Waals surface area (Å²) in [7, 11) is 0. The fourth-order valence-electron chi connectivity index (χ4n) is 1.85. The van der Waals surface area contributed by atoms with E-state index in [1.165, 1.54) is 19.2 Å². The summed E-state index contributed by atoms with van der Waals surface area (Å²) >= 11 is 0. The number of hydrogen-bond acceptors (Lipinski definition) is 10. The van der Waals surface area contributed by atoms with Gasteiger partial charge in [0.05, 0.1) is 0 Å². The van der Waals surface area contributed by atoms with Gasteiger partial charge in [-0.1, -0.05) is 0 Å². The Balaban J connectivity index is 2.31. The number of aromatic amines is 1. The standard InChI is InChI=1S/C13H17N3O10/c1-9(25-13(18)11-5-3-7-14-11)24-12(17)6-2-4-10(26-16(21)22)8-23-15(19)20/h3,5,7,9-10,14H,2,4,6,8H2,1H3/t9?,10-/m1/s1. The average molecular weight is 375 g/mol. The first kappa shape index (κ1) is 20.7. The monoisotopic (exact) mass is 375 g/mol. The second-order valence-electron chi connectivity index (χ2n) is 4.91. The van der Waals surface area contributed by atoms with E-state index in [9.17, 15) is 29.8 Å². The van der Waals surface area contributed by atoms with E-state index in [1.54, 1.807) is 6.07 Å². The van der Waals surface area contributed by atoms with Crippen molar-refractivity contribution in [3.63, 3.8) is 0 Å². The number of carbonyl (C=O) groups excluding carboxylic acids is 2. The Morgan fingerprint density at radius 2 is 1.96 bits per heavy atom. The van der Waals surface area contributed by atoms with Gasteiger partial charge in [0.15, 0.2) is 0 Å². The van der Waals surface area contributed by atoms with Crippen molar-refractivity contribution in [2.75, 3.05) is 6.61 Å². The Kier molecular flexibility index (Phi) is 8.33. The lowest BCUT2D eigenvalue weighted by molar-refractivity contribution is -0.790. The first-order valence-corrected chi connectivity index (χ1v) is 7.40. The van der Waals surface area contributed by atoms with Crippen molar-refractivity contribution in [3.8, 4) is 0 Å². The van der Waals surface area contributed by atoms with Crippen LogP contribution < -0.4 is 0 Å². The van der Waals surface area contributed by atoms with Gasteiger partial charge in [0.25, 0.3) is 10.2 Å². The summed E-state index contributed by atoms with van der Waals surface area (Å²) in [6.07, 6.45) is -0.955. The number of carbonyl (C=O) groups is 2. The molecular weight excluding hydrogens is 358 g/mol. The average Bonchev–Trinajstić information content (AvgIpc) is 3.06. The first-order valence-electron chi connectivity index (χ1n) is 7.40. The van der Waals surface area contributed by atoms with Gasteiger partial charge < -0.3 is 24.1 Å². The molecule has 144 valence electrons. The molecule has 0 bridgehead atoms. The molecule has 13 heteroatoms. The number of rotatable bonds is 12. The molecule has 1 aromatic rings. The van der Waals surface area contributed by atoms with Gasteiger partial charge in [-0.05, 0) is 25.0 Å². The van der Waals surface area contributed by atoms with Gasteiger partial charge in [0, 0.05) is 19.5 Å². The van der Waals surface area contributed by atoms with E-state index in [-0.39, 0.29) is 25.0 Å². The van der Waals surface area contributed by atoms with E-state index in [4.69, 9.17) is 9.47 Å². The Morgan fingerprint density at radius 1 is 1.23 bits per heavy atom. The van der Waals surface area contributed by atoms with E-state index in [0.29, 0.717) is 0 Å². The second kappa shape index (κ2) is 10.5. The van der Waals surface area contributed by atoms with E-state index in [1.807, 2.05) is 0 Å². The summed E-state index contributed by atoms with van der Waals surface area (Å²) in [4.78, 5) is 54.6. The van der Waals surface area contributed by atoms with Crippen molar-refractivity contribution >= 4 is 11.9 Å². The molecule has 1 unspecified atom stereocenters. The summed E-state index contributed by atoms with van der Waals surface area (Å²) < 4.78 is 9.76. The molecular formula is C13H17N3O10. The van der Waals surface area contributed by atoms with Crippen LogP contribution in [0.1, 0.15) is 36.7 Å². The van der Waals surface area contributed by atoms with Crippen molar-refractivity contribution in [2.45, 2.75) is 38.6 Å². The van der Waals surface area contributed by atoms with Crippen molar-refractivity contribution in [2.24, 2.45) is 0 Å². The van der Waals surface area contributed by atoms with Crippen LogP contribution in [-0.2, 0) is 23.9 Å². The molecule has 0 saturated heterocycles. The van der Waals surface area contributed by atoms with Gasteiger partial charge in [0.1, 0.15) is 18.4 Å². The maximum absolute atomic E-state index is 11.7. The summed E-state index contributed by atoms with van der Waals surface area (Å²) in [5.41, 5.74) is 0.193. The van der Waals surface area contributed by atoms with Crippen LogP contribution in [0.15, 0.2) is 18.3 Å². The van der Waals surface area contributed by atoms with Gasteiger partial charge in [0.2, 0.25) is 6.29 Å².